The van der Waals surface area contributed by atoms with Gasteiger partial charge in [-0.3, -0.25) is 0 Å². The van der Waals surface area contributed by atoms with Gasteiger partial charge in [0.1, 0.15) is 0 Å². The van der Waals surface area contributed by atoms with Gasteiger partial charge in [0.15, 0.2) is 0 Å². The molecule has 0 amide bonds. The Morgan fingerprint density at radius 1 is 1.05 bits per heavy atom. The minimum Gasteiger partial charge on any atom is -0.372 e. The van der Waals surface area contributed by atoms with E-state index >= 15 is 0 Å². The van der Waals surface area contributed by atoms with E-state index in [1.807, 2.05) is 36.4 Å². The van der Waals surface area contributed by atoms with Crippen LogP contribution in [0.2, 0.25) is 10.0 Å². The van der Waals surface area contributed by atoms with Crippen molar-refractivity contribution in [3.05, 3.63) is 69.7 Å². The monoisotopic (exact) mass is 335 g/mol. The minimum absolute atomic E-state index is 0.145. The molecule has 0 spiro atoms. The number of ether oxygens (including phenoxy) is 1. The topological polar surface area (TPSA) is 21.3 Å². The van der Waals surface area contributed by atoms with Crippen molar-refractivity contribution in [1.82, 2.24) is 5.32 Å². The lowest BCUT2D eigenvalue weighted by atomic mass is 9.88. The third-order valence-corrected chi connectivity index (χ3v) is 4.76. The maximum absolute atomic E-state index is 6.20. The predicted molar refractivity (Wildman–Crippen MR) is 91.7 cm³/mol. The lowest BCUT2D eigenvalue weighted by Crippen LogP contribution is -2.40. The van der Waals surface area contributed by atoms with Crippen molar-refractivity contribution < 1.29 is 4.74 Å². The lowest BCUT2D eigenvalue weighted by Gasteiger charge is -2.32. The number of rotatable bonds is 4. The van der Waals surface area contributed by atoms with Crippen LogP contribution in [0.5, 0.6) is 0 Å². The Balaban J connectivity index is 1.70. The number of halogens is 2. The molecule has 2 aromatic carbocycles. The van der Waals surface area contributed by atoms with E-state index < -0.39 is 0 Å². The van der Waals surface area contributed by atoms with Gasteiger partial charge in [0, 0.05) is 22.5 Å². The summed E-state index contributed by atoms with van der Waals surface area (Å²) in [6, 6.07) is 15.9. The highest BCUT2D eigenvalue weighted by molar-refractivity contribution is 6.31. The first-order chi connectivity index (χ1) is 10.7. The smallest absolute Gasteiger partial charge is 0.0772 e. The summed E-state index contributed by atoms with van der Waals surface area (Å²) < 4.78 is 6.17. The summed E-state index contributed by atoms with van der Waals surface area (Å²) in [6.07, 6.45) is 1.21. The molecule has 1 saturated heterocycles. The summed E-state index contributed by atoms with van der Waals surface area (Å²) in [5.74, 6) is 0.390. The van der Waals surface area contributed by atoms with Gasteiger partial charge in [-0.2, -0.15) is 0 Å². The van der Waals surface area contributed by atoms with Gasteiger partial charge >= 0.3 is 0 Å². The Morgan fingerprint density at radius 2 is 1.82 bits per heavy atom. The fourth-order valence-electron chi connectivity index (χ4n) is 2.91. The molecule has 3 rings (SSSR count). The third-order valence-electron chi connectivity index (χ3n) is 4.14. The Morgan fingerprint density at radius 3 is 2.59 bits per heavy atom. The molecule has 1 aliphatic rings. The average molecular weight is 336 g/mol. The summed E-state index contributed by atoms with van der Waals surface area (Å²) in [5, 5.41) is 4.94. The summed E-state index contributed by atoms with van der Waals surface area (Å²) >= 11 is 12.2. The van der Waals surface area contributed by atoms with Crippen molar-refractivity contribution in [1.29, 1.82) is 0 Å². The Kier molecular flexibility index (Phi) is 5.37. The quantitative estimate of drug-likeness (QED) is 0.877. The molecular formula is C18H19Cl2NO. The maximum Gasteiger partial charge on any atom is 0.0772 e. The van der Waals surface area contributed by atoms with Gasteiger partial charge in [-0.25, -0.2) is 0 Å². The molecule has 0 aromatic heterocycles. The van der Waals surface area contributed by atoms with Crippen molar-refractivity contribution in [3.8, 4) is 0 Å². The minimum atomic E-state index is 0.145. The van der Waals surface area contributed by atoms with Gasteiger partial charge in [0.05, 0.1) is 12.7 Å². The third kappa shape index (κ3) is 3.82. The zero-order chi connectivity index (χ0) is 15.4. The van der Waals surface area contributed by atoms with Crippen LogP contribution >= 0.6 is 23.2 Å². The summed E-state index contributed by atoms with van der Waals surface area (Å²) in [7, 11) is 0. The highest BCUT2D eigenvalue weighted by Crippen LogP contribution is 2.29. The number of benzene rings is 2. The van der Waals surface area contributed by atoms with Crippen LogP contribution in [0.15, 0.2) is 48.5 Å². The molecule has 1 heterocycles. The first-order valence-corrected chi connectivity index (χ1v) is 8.31. The number of hydrogen-bond donors (Lipinski definition) is 1. The zero-order valence-electron chi connectivity index (χ0n) is 12.3. The van der Waals surface area contributed by atoms with Crippen molar-refractivity contribution in [3.63, 3.8) is 0 Å². The molecule has 2 unspecified atom stereocenters. The summed E-state index contributed by atoms with van der Waals surface area (Å²) in [4.78, 5) is 0. The van der Waals surface area contributed by atoms with Gasteiger partial charge in [-0.15, -0.1) is 0 Å². The molecule has 1 N–H and O–H groups in total. The molecule has 0 bridgehead atoms. The highest BCUT2D eigenvalue weighted by atomic mass is 35.5. The maximum atomic E-state index is 6.20. The van der Waals surface area contributed by atoms with Crippen molar-refractivity contribution in [2.45, 2.75) is 25.0 Å². The molecule has 1 fully saturated rings. The van der Waals surface area contributed by atoms with Crippen LogP contribution in [0.3, 0.4) is 0 Å². The molecular weight excluding hydrogens is 317 g/mol. The molecule has 0 saturated carbocycles. The fraction of sp³-hybridized carbons (Fsp3) is 0.333. The van der Waals surface area contributed by atoms with Crippen LogP contribution in [-0.2, 0) is 11.3 Å². The van der Waals surface area contributed by atoms with Crippen molar-refractivity contribution in [2.75, 3.05) is 13.1 Å². The molecule has 0 aliphatic carbocycles. The van der Waals surface area contributed by atoms with E-state index in [1.165, 1.54) is 5.56 Å². The van der Waals surface area contributed by atoms with Gasteiger partial charge in [-0.1, -0.05) is 53.5 Å². The highest BCUT2D eigenvalue weighted by Gasteiger charge is 2.27. The molecule has 116 valence electrons. The molecule has 22 heavy (non-hydrogen) atoms. The fourth-order valence-corrected chi connectivity index (χ4v) is 3.22. The second-order valence-electron chi connectivity index (χ2n) is 5.59. The molecule has 1 aliphatic heterocycles. The van der Waals surface area contributed by atoms with Crippen LogP contribution in [0.1, 0.15) is 23.5 Å². The molecule has 4 heteroatoms. The van der Waals surface area contributed by atoms with Gasteiger partial charge in [-0.05, 0) is 42.3 Å². The van der Waals surface area contributed by atoms with Gasteiger partial charge in [0.2, 0.25) is 0 Å². The van der Waals surface area contributed by atoms with E-state index in [9.17, 15) is 0 Å². The van der Waals surface area contributed by atoms with Crippen LogP contribution in [-0.4, -0.2) is 19.2 Å². The zero-order valence-corrected chi connectivity index (χ0v) is 13.8. The number of hydrogen-bond acceptors (Lipinski definition) is 2. The number of piperidine rings is 1. The molecule has 0 radical (unpaired) electrons. The van der Waals surface area contributed by atoms with Crippen LogP contribution in [0.25, 0.3) is 0 Å². The van der Waals surface area contributed by atoms with Crippen LogP contribution in [0, 0.1) is 0 Å². The molecule has 2 aromatic rings. The standard InChI is InChI=1S/C18H19Cl2NO/c19-15-7-5-13(6-8-15)16-9-10-21-11-18(16)22-12-14-3-1-2-4-17(14)20/h1-8,16,18,21H,9-12H2. The van der Waals surface area contributed by atoms with E-state index in [4.69, 9.17) is 27.9 Å². The molecule has 2 nitrogen and oxygen atoms in total. The Hall–Kier alpha value is -1.06. The predicted octanol–water partition coefficient (Wildman–Crippen LogP) is 4.66. The van der Waals surface area contributed by atoms with Crippen molar-refractivity contribution in [2.24, 2.45) is 0 Å². The second-order valence-corrected chi connectivity index (χ2v) is 6.44. The summed E-state index contributed by atoms with van der Waals surface area (Å²) in [6.45, 7) is 2.41. The Labute approximate surface area is 141 Å². The van der Waals surface area contributed by atoms with E-state index in [2.05, 4.69) is 17.4 Å². The van der Waals surface area contributed by atoms with E-state index in [1.54, 1.807) is 0 Å². The second kappa shape index (κ2) is 7.47. The average Bonchev–Trinajstić information content (AvgIpc) is 2.55. The molecule has 2 atom stereocenters. The SMILES string of the molecule is Clc1ccc(C2CCNCC2OCc2ccccc2Cl)cc1. The van der Waals surface area contributed by atoms with Crippen molar-refractivity contribution >= 4 is 23.2 Å². The van der Waals surface area contributed by atoms with Gasteiger partial charge < -0.3 is 10.1 Å². The van der Waals surface area contributed by atoms with Crippen LogP contribution < -0.4 is 5.32 Å². The van der Waals surface area contributed by atoms with Gasteiger partial charge in [0.25, 0.3) is 0 Å². The van der Waals surface area contributed by atoms with E-state index in [0.717, 1.165) is 35.1 Å². The van der Waals surface area contributed by atoms with E-state index in [-0.39, 0.29) is 6.10 Å². The van der Waals surface area contributed by atoms with E-state index in [0.29, 0.717) is 12.5 Å². The first kappa shape index (κ1) is 15.8. The largest absolute Gasteiger partial charge is 0.372 e. The summed E-state index contributed by atoms with van der Waals surface area (Å²) in [5.41, 5.74) is 2.32. The normalized spacial score (nSPS) is 21.7. The lowest BCUT2D eigenvalue weighted by molar-refractivity contribution is 0.0106. The number of nitrogens with one attached hydrogen (secondary N) is 1. The van der Waals surface area contributed by atoms with Crippen LogP contribution in [0.4, 0.5) is 0 Å². The Bertz CT molecular complexity index is 615. The first-order valence-electron chi connectivity index (χ1n) is 7.55.